The molecule has 0 radical (unpaired) electrons. The number of para-hydroxylation sites is 1. The number of thioether (sulfide) groups is 1. The first kappa shape index (κ1) is 30.2. The van der Waals surface area contributed by atoms with E-state index < -0.39 is 12.0 Å². The smallest absolute Gasteiger partial charge is 0.338 e. The quantitative estimate of drug-likeness (QED) is 0.144. The van der Waals surface area contributed by atoms with E-state index in [2.05, 4.69) is 23.6 Å². The molecule has 2 aromatic heterocycles. The fourth-order valence-corrected chi connectivity index (χ4v) is 7.27. The average molecular weight is 642 g/mol. The normalized spacial score (nSPS) is 15.2. The van der Waals surface area contributed by atoms with Crippen LogP contribution in [0.1, 0.15) is 49.2 Å². The minimum Gasteiger partial charge on any atom is -0.459 e. The number of thiazole rings is 1. The summed E-state index contributed by atoms with van der Waals surface area (Å²) >= 11 is 9.11. The lowest BCUT2D eigenvalue weighted by Crippen LogP contribution is -2.40. The molecule has 0 bridgehead atoms. The summed E-state index contributed by atoms with van der Waals surface area (Å²) in [6, 6.07) is 23.4. The van der Waals surface area contributed by atoms with Crippen LogP contribution in [0.2, 0.25) is 5.02 Å². The zero-order valence-corrected chi connectivity index (χ0v) is 27.5. The van der Waals surface area contributed by atoms with Gasteiger partial charge < -0.3 is 9.30 Å². The topological polar surface area (TPSA) is 65.6 Å². The van der Waals surface area contributed by atoms with E-state index >= 15 is 0 Å². The van der Waals surface area contributed by atoms with Gasteiger partial charge in [0.15, 0.2) is 4.80 Å². The Morgan fingerprint density at radius 3 is 2.45 bits per heavy atom. The zero-order valence-electron chi connectivity index (χ0n) is 25.1. The number of hydrogen-bond donors (Lipinski definition) is 0. The largest absolute Gasteiger partial charge is 0.459 e. The molecule has 44 heavy (non-hydrogen) atoms. The van der Waals surface area contributed by atoms with Crippen molar-refractivity contribution in [3.63, 3.8) is 0 Å². The van der Waals surface area contributed by atoms with Crippen molar-refractivity contribution >= 4 is 57.6 Å². The standard InChI is InChI=1S/C35H32ClN3O3S2/c1-20(2)42-34(41)31-21(3)37-35-39(32(31)24-12-16-26(43-5)17-13-24)33(40)30(44-35)18-28-22(4)38(29-9-7-6-8-27(28)29)19-23-10-14-25(36)15-11-23/h6-18,20,32H,19H2,1-5H3/b30-18-/t32-/m0/s1. The molecule has 6 nitrogen and oxygen atoms in total. The lowest BCUT2D eigenvalue weighted by atomic mass is 9.96. The van der Waals surface area contributed by atoms with Gasteiger partial charge in [-0.15, -0.1) is 11.8 Å². The SMILES string of the molecule is CSc1ccc([C@H]2C(C(=O)OC(C)C)=C(C)N=c3s/c(=C\c4c(C)n(Cc5ccc(Cl)cc5)c5ccccc45)c(=O)n32)cc1. The van der Waals surface area contributed by atoms with Gasteiger partial charge in [0.05, 0.1) is 27.9 Å². The number of rotatable bonds is 7. The van der Waals surface area contributed by atoms with E-state index in [0.29, 0.717) is 32.2 Å². The maximum Gasteiger partial charge on any atom is 0.338 e. The summed E-state index contributed by atoms with van der Waals surface area (Å²) in [5.41, 5.74) is 5.82. The fraction of sp³-hybridized carbons (Fsp3) is 0.229. The van der Waals surface area contributed by atoms with Crippen LogP contribution in [0, 0.1) is 6.92 Å². The predicted octanol–water partition coefficient (Wildman–Crippen LogP) is 6.87. The Morgan fingerprint density at radius 1 is 1.07 bits per heavy atom. The summed E-state index contributed by atoms with van der Waals surface area (Å²) in [6.45, 7) is 8.20. The Kier molecular flexibility index (Phi) is 8.42. The number of halogens is 1. The van der Waals surface area contributed by atoms with Crippen molar-refractivity contribution < 1.29 is 9.53 Å². The Labute approximate surface area is 269 Å². The fourth-order valence-electron chi connectivity index (χ4n) is 5.71. The highest BCUT2D eigenvalue weighted by Crippen LogP contribution is 2.32. The number of nitrogens with zero attached hydrogens (tertiary/aromatic N) is 3. The molecule has 0 spiro atoms. The summed E-state index contributed by atoms with van der Waals surface area (Å²) in [6.07, 6.45) is 3.68. The van der Waals surface area contributed by atoms with Gasteiger partial charge in [-0.3, -0.25) is 9.36 Å². The molecule has 0 N–H and O–H groups in total. The first-order valence-corrected chi connectivity index (χ1v) is 16.8. The minimum absolute atomic E-state index is 0.191. The van der Waals surface area contributed by atoms with E-state index in [-0.39, 0.29) is 11.7 Å². The van der Waals surface area contributed by atoms with Crippen molar-refractivity contribution in [2.45, 2.75) is 51.3 Å². The van der Waals surface area contributed by atoms with Gasteiger partial charge in [-0.2, -0.15) is 0 Å². The average Bonchev–Trinajstić information content (AvgIpc) is 3.45. The Balaban J connectivity index is 1.53. The lowest BCUT2D eigenvalue weighted by molar-refractivity contribution is -0.143. The van der Waals surface area contributed by atoms with Gasteiger partial charge in [0.2, 0.25) is 0 Å². The second-order valence-corrected chi connectivity index (χ2v) is 13.4. The number of fused-ring (bicyclic) bond motifs is 2. The molecule has 1 aliphatic heterocycles. The van der Waals surface area contributed by atoms with E-state index in [0.717, 1.165) is 38.2 Å². The molecule has 5 aromatic rings. The van der Waals surface area contributed by atoms with Gasteiger partial charge >= 0.3 is 5.97 Å². The van der Waals surface area contributed by atoms with Crippen molar-refractivity contribution in [3.05, 3.63) is 131 Å². The molecular formula is C35H32ClN3O3S2. The number of hydrogen-bond acceptors (Lipinski definition) is 6. The third-order valence-electron chi connectivity index (χ3n) is 7.82. The highest BCUT2D eigenvalue weighted by molar-refractivity contribution is 7.98. The molecule has 0 amide bonds. The first-order valence-electron chi connectivity index (χ1n) is 14.4. The summed E-state index contributed by atoms with van der Waals surface area (Å²) < 4.78 is 10.1. The minimum atomic E-state index is -0.650. The molecule has 0 saturated carbocycles. The van der Waals surface area contributed by atoms with Gasteiger partial charge in [-0.25, -0.2) is 9.79 Å². The predicted molar refractivity (Wildman–Crippen MR) is 180 cm³/mol. The first-order chi connectivity index (χ1) is 21.2. The van der Waals surface area contributed by atoms with Crippen LogP contribution in [0.4, 0.5) is 0 Å². The number of ether oxygens (including phenoxy) is 1. The Bertz CT molecular complexity index is 2100. The van der Waals surface area contributed by atoms with Crippen LogP contribution in [-0.4, -0.2) is 27.5 Å². The molecule has 224 valence electrons. The molecule has 3 heterocycles. The molecule has 0 fully saturated rings. The van der Waals surface area contributed by atoms with E-state index in [1.54, 1.807) is 16.3 Å². The molecule has 6 rings (SSSR count). The van der Waals surface area contributed by atoms with Crippen molar-refractivity contribution in [3.8, 4) is 0 Å². The van der Waals surface area contributed by atoms with Gasteiger partial charge in [0, 0.05) is 38.6 Å². The molecule has 0 saturated heterocycles. The van der Waals surface area contributed by atoms with Gasteiger partial charge in [-0.05, 0) is 81.5 Å². The van der Waals surface area contributed by atoms with Gasteiger partial charge in [0.1, 0.15) is 0 Å². The van der Waals surface area contributed by atoms with Crippen LogP contribution in [0.5, 0.6) is 0 Å². The third kappa shape index (κ3) is 5.58. The van der Waals surface area contributed by atoms with Crippen molar-refractivity contribution in [1.82, 2.24) is 9.13 Å². The molecule has 0 unspecified atom stereocenters. The van der Waals surface area contributed by atoms with E-state index in [1.807, 2.05) is 93.8 Å². The van der Waals surface area contributed by atoms with Crippen LogP contribution < -0.4 is 14.9 Å². The number of esters is 1. The summed E-state index contributed by atoms with van der Waals surface area (Å²) in [5, 5.41) is 1.76. The van der Waals surface area contributed by atoms with Crippen molar-refractivity contribution in [1.29, 1.82) is 0 Å². The maximum atomic E-state index is 14.3. The second kappa shape index (κ2) is 12.3. The molecule has 1 aliphatic rings. The van der Waals surface area contributed by atoms with Crippen LogP contribution >= 0.6 is 34.7 Å². The monoisotopic (exact) mass is 641 g/mol. The highest BCUT2D eigenvalue weighted by atomic mass is 35.5. The van der Waals surface area contributed by atoms with Crippen LogP contribution in [0.3, 0.4) is 0 Å². The maximum absolute atomic E-state index is 14.3. The molecule has 3 aromatic carbocycles. The summed E-state index contributed by atoms with van der Waals surface area (Å²) in [7, 11) is 0. The summed E-state index contributed by atoms with van der Waals surface area (Å²) in [5.74, 6) is -0.462. The van der Waals surface area contributed by atoms with Crippen molar-refractivity contribution in [2.75, 3.05) is 6.26 Å². The van der Waals surface area contributed by atoms with Gasteiger partial charge in [-0.1, -0.05) is 65.4 Å². The lowest BCUT2D eigenvalue weighted by Gasteiger charge is -2.25. The van der Waals surface area contributed by atoms with Crippen LogP contribution in [0.25, 0.3) is 17.0 Å². The van der Waals surface area contributed by atoms with Crippen LogP contribution in [0.15, 0.2) is 98.7 Å². The molecule has 0 aliphatic carbocycles. The Morgan fingerprint density at radius 2 is 1.77 bits per heavy atom. The van der Waals surface area contributed by atoms with E-state index in [1.165, 1.54) is 11.3 Å². The van der Waals surface area contributed by atoms with Gasteiger partial charge in [0.25, 0.3) is 5.56 Å². The van der Waals surface area contributed by atoms with E-state index in [4.69, 9.17) is 21.3 Å². The number of benzene rings is 3. The third-order valence-corrected chi connectivity index (χ3v) is 9.80. The van der Waals surface area contributed by atoms with E-state index in [9.17, 15) is 9.59 Å². The number of carbonyl (C=O) groups excluding carboxylic acids is 1. The summed E-state index contributed by atoms with van der Waals surface area (Å²) in [4.78, 5) is 34.1. The van der Waals surface area contributed by atoms with Crippen LogP contribution in [-0.2, 0) is 16.1 Å². The number of carbonyl (C=O) groups is 1. The zero-order chi connectivity index (χ0) is 31.1. The number of allylic oxidation sites excluding steroid dienone is 1. The molecule has 9 heteroatoms. The Hall–Kier alpha value is -3.85. The number of aromatic nitrogens is 2. The van der Waals surface area contributed by atoms with Crippen molar-refractivity contribution in [2.24, 2.45) is 4.99 Å². The highest BCUT2D eigenvalue weighted by Gasteiger charge is 2.34. The molecule has 1 atom stereocenters. The molecular weight excluding hydrogens is 610 g/mol. The second-order valence-electron chi connectivity index (χ2n) is 11.0.